The molecule has 1 unspecified atom stereocenters. The van der Waals surface area contributed by atoms with Gasteiger partial charge >= 0.3 is 0 Å². The van der Waals surface area contributed by atoms with Crippen molar-refractivity contribution in [2.24, 2.45) is 16.1 Å². The minimum Gasteiger partial charge on any atom is -0.386 e. The Kier molecular flexibility index (Phi) is 4.79. The van der Waals surface area contributed by atoms with Gasteiger partial charge in [0.15, 0.2) is 0 Å². The van der Waals surface area contributed by atoms with E-state index in [9.17, 15) is 9.65 Å². The first-order chi connectivity index (χ1) is 10.4. The highest BCUT2D eigenvalue weighted by molar-refractivity contribution is 6.31. The van der Waals surface area contributed by atoms with E-state index in [0.717, 1.165) is 5.56 Å². The van der Waals surface area contributed by atoms with E-state index in [4.69, 9.17) is 17.3 Å². The fourth-order valence-corrected chi connectivity index (χ4v) is 2.18. The summed E-state index contributed by atoms with van der Waals surface area (Å²) < 4.78 is 13.2. The van der Waals surface area contributed by atoms with Crippen LogP contribution in [-0.4, -0.2) is 5.84 Å². The van der Waals surface area contributed by atoms with Gasteiger partial charge in [-0.1, -0.05) is 41.9 Å². The highest BCUT2D eigenvalue weighted by Crippen LogP contribution is 2.26. The summed E-state index contributed by atoms with van der Waals surface area (Å²) in [5.74, 6) is -0.354. The number of benzene rings is 2. The van der Waals surface area contributed by atoms with E-state index in [1.54, 1.807) is 6.92 Å². The first-order valence-corrected chi connectivity index (χ1v) is 7.07. The second-order valence-electron chi connectivity index (χ2n) is 5.20. The van der Waals surface area contributed by atoms with Gasteiger partial charge in [0.25, 0.3) is 0 Å². The molecule has 0 heterocycles. The molecule has 2 aromatic carbocycles. The van der Waals surface area contributed by atoms with Gasteiger partial charge in [0.2, 0.25) is 0 Å². The van der Waals surface area contributed by atoms with Gasteiger partial charge in [-0.3, -0.25) is 0 Å². The first kappa shape index (κ1) is 16.0. The van der Waals surface area contributed by atoms with Crippen molar-refractivity contribution < 1.29 is 4.39 Å². The molecule has 0 aliphatic heterocycles. The lowest BCUT2D eigenvalue weighted by atomic mass is 9.84. The summed E-state index contributed by atoms with van der Waals surface area (Å²) in [6.45, 7) is 1.73. The van der Waals surface area contributed by atoms with Crippen LogP contribution in [0.2, 0.25) is 5.02 Å². The van der Waals surface area contributed by atoms with Crippen LogP contribution in [0.4, 0.5) is 10.1 Å². The van der Waals surface area contributed by atoms with E-state index in [0.29, 0.717) is 12.1 Å². The van der Waals surface area contributed by atoms with Crippen molar-refractivity contribution in [3.05, 3.63) is 64.9 Å². The molecule has 112 valence electrons. The Hall–Kier alpha value is -2.38. The minimum absolute atomic E-state index is 0.0317. The average molecular weight is 316 g/mol. The molecule has 0 amide bonds. The Morgan fingerprint density at radius 1 is 1.32 bits per heavy atom. The third kappa shape index (κ3) is 3.63. The molecule has 0 fully saturated rings. The molecule has 3 nitrogen and oxygen atoms in total. The maximum Gasteiger partial charge on any atom is 0.141 e. The van der Waals surface area contributed by atoms with Crippen molar-refractivity contribution in [1.29, 1.82) is 5.26 Å². The van der Waals surface area contributed by atoms with E-state index in [1.807, 2.05) is 30.3 Å². The fourth-order valence-electron chi connectivity index (χ4n) is 2.01. The van der Waals surface area contributed by atoms with Crippen molar-refractivity contribution in [3.8, 4) is 6.07 Å². The summed E-state index contributed by atoms with van der Waals surface area (Å²) >= 11 is 5.73. The number of nitrogens with zero attached hydrogens (tertiary/aromatic N) is 2. The number of rotatable bonds is 4. The molecular formula is C17H15ClFN3. The molecule has 0 saturated heterocycles. The van der Waals surface area contributed by atoms with E-state index >= 15 is 0 Å². The molecule has 5 heteroatoms. The van der Waals surface area contributed by atoms with Crippen LogP contribution in [0.15, 0.2) is 53.5 Å². The van der Waals surface area contributed by atoms with Crippen LogP contribution in [-0.2, 0) is 6.42 Å². The van der Waals surface area contributed by atoms with Gasteiger partial charge in [-0.2, -0.15) is 5.26 Å². The van der Waals surface area contributed by atoms with Crippen LogP contribution >= 0.6 is 11.6 Å². The molecule has 0 radical (unpaired) electrons. The summed E-state index contributed by atoms with van der Waals surface area (Å²) in [6, 6.07) is 15.8. The zero-order chi connectivity index (χ0) is 16.2. The molecular weight excluding hydrogens is 301 g/mol. The van der Waals surface area contributed by atoms with Gasteiger partial charge in [-0.15, -0.1) is 0 Å². The van der Waals surface area contributed by atoms with Gasteiger partial charge in [-0.25, -0.2) is 9.38 Å². The lowest BCUT2D eigenvalue weighted by Crippen LogP contribution is -2.35. The van der Waals surface area contributed by atoms with Crippen LogP contribution in [0.5, 0.6) is 0 Å². The average Bonchev–Trinajstić information content (AvgIpc) is 2.51. The van der Waals surface area contributed by atoms with Crippen molar-refractivity contribution in [2.75, 3.05) is 0 Å². The molecule has 0 aliphatic rings. The number of nitrogens with two attached hydrogens (primary N) is 1. The maximum absolute atomic E-state index is 13.2. The van der Waals surface area contributed by atoms with Crippen LogP contribution in [0.1, 0.15) is 12.5 Å². The summed E-state index contributed by atoms with van der Waals surface area (Å²) in [5, 5.41) is 9.47. The first-order valence-electron chi connectivity index (χ1n) is 6.69. The number of nitriles is 1. The third-order valence-corrected chi connectivity index (χ3v) is 3.65. The predicted octanol–water partition coefficient (Wildman–Crippen LogP) is 4.24. The van der Waals surface area contributed by atoms with Gasteiger partial charge in [0.1, 0.15) is 17.1 Å². The zero-order valence-electron chi connectivity index (χ0n) is 12.1. The largest absolute Gasteiger partial charge is 0.386 e. The molecule has 0 aromatic heterocycles. The van der Waals surface area contributed by atoms with E-state index in [1.165, 1.54) is 18.2 Å². The summed E-state index contributed by atoms with van der Waals surface area (Å²) in [7, 11) is 0. The van der Waals surface area contributed by atoms with Crippen molar-refractivity contribution in [2.45, 2.75) is 13.3 Å². The standard InChI is InChI=1S/C17H15ClFN3/c1-17(11-20,10-12-5-3-2-4-6-12)16(21)22-13-7-8-15(19)14(18)9-13/h2-9H,10H2,1H3,(H2,21,22). The normalized spacial score (nSPS) is 14.2. The number of aliphatic imine (C=N–C) groups is 1. The van der Waals surface area contributed by atoms with Crippen LogP contribution in [0.3, 0.4) is 0 Å². The molecule has 0 spiro atoms. The summed E-state index contributed by atoms with van der Waals surface area (Å²) in [5.41, 5.74) is 6.47. The smallest absolute Gasteiger partial charge is 0.141 e. The molecule has 2 N–H and O–H groups in total. The van der Waals surface area contributed by atoms with Crippen molar-refractivity contribution in [3.63, 3.8) is 0 Å². The molecule has 0 bridgehead atoms. The quantitative estimate of drug-likeness (QED) is 0.677. The van der Waals surface area contributed by atoms with E-state index in [-0.39, 0.29) is 10.9 Å². The molecule has 1 atom stereocenters. The molecule has 2 rings (SSSR count). The van der Waals surface area contributed by atoms with Gasteiger partial charge in [0, 0.05) is 0 Å². The number of halogens is 2. The molecule has 0 aliphatic carbocycles. The fraction of sp³-hybridized carbons (Fsp3) is 0.176. The van der Waals surface area contributed by atoms with Crippen LogP contribution in [0, 0.1) is 22.6 Å². The van der Waals surface area contributed by atoms with Crippen LogP contribution in [0.25, 0.3) is 0 Å². The highest BCUT2D eigenvalue weighted by atomic mass is 35.5. The number of amidine groups is 1. The Morgan fingerprint density at radius 3 is 2.59 bits per heavy atom. The zero-order valence-corrected chi connectivity index (χ0v) is 12.8. The van der Waals surface area contributed by atoms with Crippen molar-refractivity contribution >= 4 is 23.1 Å². The van der Waals surface area contributed by atoms with Crippen molar-refractivity contribution in [1.82, 2.24) is 0 Å². The Bertz CT molecular complexity index is 737. The van der Waals surface area contributed by atoms with Gasteiger partial charge in [0.05, 0.1) is 16.8 Å². The minimum atomic E-state index is -0.956. The molecule has 22 heavy (non-hydrogen) atoms. The highest BCUT2D eigenvalue weighted by Gasteiger charge is 2.29. The second-order valence-corrected chi connectivity index (χ2v) is 5.61. The Labute approximate surface area is 133 Å². The van der Waals surface area contributed by atoms with Crippen LogP contribution < -0.4 is 5.73 Å². The topological polar surface area (TPSA) is 62.2 Å². The number of hydrogen-bond donors (Lipinski definition) is 1. The molecule has 2 aromatic rings. The van der Waals surface area contributed by atoms with E-state index < -0.39 is 11.2 Å². The summed E-state index contributed by atoms with van der Waals surface area (Å²) in [6.07, 6.45) is 0.439. The lowest BCUT2D eigenvalue weighted by Gasteiger charge is -2.21. The van der Waals surface area contributed by atoms with Gasteiger partial charge in [-0.05, 0) is 37.1 Å². The third-order valence-electron chi connectivity index (χ3n) is 3.37. The van der Waals surface area contributed by atoms with Gasteiger partial charge < -0.3 is 5.73 Å². The lowest BCUT2D eigenvalue weighted by molar-refractivity contribution is 0.602. The number of hydrogen-bond acceptors (Lipinski definition) is 2. The molecule has 0 saturated carbocycles. The van der Waals surface area contributed by atoms with E-state index in [2.05, 4.69) is 11.1 Å². The second kappa shape index (κ2) is 6.59. The maximum atomic E-state index is 13.2. The Morgan fingerprint density at radius 2 is 2.00 bits per heavy atom. The summed E-state index contributed by atoms with van der Waals surface area (Å²) in [4.78, 5) is 4.22. The Balaban J connectivity index is 2.31. The monoisotopic (exact) mass is 315 g/mol. The SMILES string of the molecule is CC(C#N)(Cc1ccccc1)C(N)=Nc1ccc(F)c(Cl)c1. The predicted molar refractivity (Wildman–Crippen MR) is 86.6 cm³/mol.